The van der Waals surface area contributed by atoms with Gasteiger partial charge < -0.3 is 15.6 Å². The number of nitrogen functional groups attached to an aromatic ring is 1. The topological polar surface area (TPSA) is 72.5 Å². The summed E-state index contributed by atoms with van der Waals surface area (Å²) in [5, 5.41) is 9.73. The maximum atomic E-state index is 10.9. The normalized spacial score (nSPS) is 10.1. The summed E-state index contributed by atoms with van der Waals surface area (Å²) in [5.74, 6) is 0.108. The molecule has 0 spiro atoms. The monoisotopic (exact) mass is 243 g/mol. The van der Waals surface area contributed by atoms with Crippen molar-refractivity contribution in [3.05, 3.63) is 42.0 Å². The maximum absolute atomic E-state index is 10.9. The largest absolute Gasteiger partial charge is 0.504 e. The van der Waals surface area contributed by atoms with Crippen LogP contribution in [0.1, 0.15) is 10.4 Å². The molecule has 2 aromatic carbocycles. The number of aromatic hydroxyl groups is 1. The van der Waals surface area contributed by atoms with Crippen LogP contribution in [-0.4, -0.2) is 18.5 Å². The van der Waals surface area contributed by atoms with E-state index in [-0.39, 0.29) is 17.1 Å². The van der Waals surface area contributed by atoms with Crippen molar-refractivity contribution in [2.45, 2.75) is 0 Å². The first-order valence-corrected chi connectivity index (χ1v) is 5.38. The lowest BCUT2D eigenvalue weighted by Gasteiger charge is -2.09. The molecule has 0 saturated heterocycles. The lowest BCUT2D eigenvalue weighted by molar-refractivity contribution is 0.112. The number of ether oxygens (including phenoxy) is 1. The number of nitrogens with two attached hydrogens (primary N) is 1. The van der Waals surface area contributed by atoms with Crippen LogP contribution in [-0.2, 0) is 0 Å². The number of aldehydes is 1. The molecule has 0 unspecified atom stereocenters. The van der Waals surface area contributed by atoms with E-state index in [2.05, 4.69) is 0 Å². The van der Waals surface area contributed by atoms with Crippen LogP contribution in [0.15, 0.2) is 36.4 Å². The number of carbonyl (C=O) groups is 1. The van der Waals surface area contributed by atoms with Crippen LogP contribution < -0.4 is 10.5 Å². The predicted molar refractivity (Wildman–Crippen MR) is 69.9 cm³/mol. The second-order valence-corrected chi connectivity index (χ2v) is 3.86. The molecular formula is C14H13NO3. The van der Waals surface area contributed by atoms with Crippen molar-refractivity contribution in [2.24, 2.45) is 0 Å². The quantitative estimate of drug-likeness (QED) is 0.641. The standard InChI is InChI=1S/C14H13NO3/c1-18-13-7-10(5-11(8-16)14(13)17)9-3-2-4-12(15)6-9/h2-8,17H,15H2,1H3. The van der Waals surface area contributed by atoms with Crippen LogP contribution >= 0.6 is 0 Å². The molecule has 0 fully saturated rings. The predicted octanol–water partition coefficient (Wildman–Crippen LogP) is 2.46. The van der Waals surface area contributed by atoms with Gasteiger partial charge in [-0.2, -0.15) is 0 Å². The van der Waals surface area contributed by atoms with Crippen molar-refractivity contribution in [3.63, 3.8) is 0 Å². The molecule has 3 N–H and O–H groups in total. The Morgan fingerprint density at radius 3 is 2.61 bits per heavy atom. The summed E-state index contributed by atoms with van der Waals surface area (Å²) in [5.41, 5.74) is 8.16. The van der Waals surface area contributed by atoms with Crippen LogP contribution in [0.25, 0.3) is 11.1 Å². The molecule has 2 rings (SSSR count). The molecule has 0 aliphatic heterocycles. The zero-order chi connectivity index (χ0) is 13.1. The van der Waals surface area contributed by atoms with Gasteiger partial charge in [-0.25, -0.2) is 0 Å². The van der Waals surface area contributed by atoms with Gasteiger partial charge in [-0.3, -0.25) is 4.79 Å². The number of hydrogen-bond acceptors (Lipinski definition) is 4. The average Bonchev–Trinajstić information content (AvgIpc) is 2.39. The number of carbonyl (C=O) groups excluding carboxylic acids is 1. The third-order valence-corrected chi connectivity index (χ3v) is 2.67. The van der Waals surface area contributed by atoms with Crippen LogP contribution in [0.3, 0.4) is 0 Å². The molecule has 0 saturated carbocycles. The van der Waals surface area contributed by atoms with Gasteiger partial charge in [0.05, 0.1) is 12.7 Å². The van der Waals surface area contributed by atoms with Crippen LogP contribution in [0.5, 0.6) is 11.5 Å². The van der Waals surface area contributed by atoms with Gasteiger partial charge in [0.25, 0.3) is 0 Å². The second kappa shape index (κ2) is 4.79. The van der Waals surface area contributed by atoms with Crippen LogP contribution in [0, 0.1) is 0 Å². The van der Waals surface area contributed by atoms with Crippen molar-refractivity contribution >= 4 is 12.0 Å². The van der Waals surface area contributed by atoms with Crippen molar-refractivity contribution in [3.8, 4) is 22.6 Å². The Morgan fingerprint density at radius 1 is 1.22 bits per heavy atom. The van der Waals surface area contributed by atoms with Gasteiger partial charge in [-0.05, 0) is 35.4 Å². The molecule has 4 heteroatoms. The third kappa shape index (κ3) is 2.13. The fraction of sp³-hybridized carbons (Fsp3) is 0.0714. The summed E-state index contributed by atoms with van der Waals surface area (Å²) < 4.78 is 5.04. The summed E-state index contributed by atoms with van der Waals surface area (Å²) in [6.45, 7) is 0. The molecule has 0 aliphatic rings. The Morgan fingerprint density at radius 2 is 2.00 bits per heavy atom. The lowest BCUT2D eigenvalue weighted by atomic mass is 10.0. The minimum Gasteiger partial charge on any atom is -0.504 e. The highest BCUT2D eigenvalue weighted by atomic mass is 16.5. The number of rotatable bonds is 3. The minimum atomic E-state index is -0.153. The van der Waals surface area contributed by atoms with Crippen LogP contribution in [0.2, 0.25) is 0 Å². The van der Waals surface area contributed by atoms with E-state index in [1.165, 1.54) is 7.11 Å². The molecule has 0 aromatic heterocycles. The second-order valence-electron chi connectivity index (χ2n) is 3.86. The summed E-state index contributed by atoms with van der Waals surface area (Å²) in [6.07, 6.45) is 0.591. The Labute approximate surface area is 105 Å². The van der Waals surface area contributed by atoms with Gasteiger partial charge in [0, 0.05) is 5.69 Å². The van der Waals surface area contributed by atoms with Gasteiger partial charge in [0.2, 0.25) is 0 Å². The Kier molecular flexibility index (Phi) is 3.19. The molecule has 0 amide bonds. The number of phenolic OH excluding ortho intramolecular Hbond substituents is 1. The number of hydrogen-bond donors (Lipinski definition) is 2. The molecule has 18 heavy (non-hydrogen) atoms. The summed E-state index contributed by atoms with van der Waals surface area (Å²) in [7, 11) is 1.44. The van der Waals surface area contributed by atoms with E-state index in [0.29, 0.717) is 12.0 Å². The maximum Gasteiger partial charge on any atom is 0.168 e. The highest BCUT2D eigenvalue weighted by molar-refractivity contribution is 5.85. The fourth-order valence-corrected chi connectivity index (χ4v) is 1.76. The molecule has 0 radical (unpaired) electrons. The summed E-state index contributed by atoms with van der Waals surface area (Å²) >= 11 is 0. The van der Waals surface area contributed by atoms with Crippen molar-refractivity contribution < 1.29 is 14.6 Å². The van der Waals surface area contributed by atoms with Gasteiger partial charge in [-0.15, -0.1) is 0 Å². The first kappa shape index (κ1) is 12.0. The van der Waals surface area contributed by atoms with Crippen molar-refractivity contribution in [1.82, 2.24) is 0 Å². The minimum absolute atomic E-state index is 0.153. The number of anilines is 1. The first-order chi connectivity index (χ1) is 8.65. The highest BCUT2D eigenvalue weighted by Crippen LogP contribution is 2.34. The Hall–Kier alpha value is -2.49. The smallest absolute Gasteiger partial charge is 0.168 e. The molecule has 0 aliphatic carbocycles. The van der Waals surface area contributed by atoms with Gasteiger partial charge in [0.1, 0.15) is 0 Å². The zero-order valence-corrected chi connectivity index (χ0v) is 9.88. The van der Waals surface area contributed by atoms with Crippen molar-refractivity contribution in [2.75, 3.05) is 12.8 Å². The molecule has 0 heterocycles. The molecule has 0 bridgehead atoms. The summed E-state index contributed by atoms with van der Waals surface area (Å²) in [4.78, 5) is 10.9. The SMILES string of the molecule is COc1cc(-c2cccc(N)c2)cc(C=O)c1O. The van der Waals surface area contributed by atoms with E-state index in [1.54, 1.807) is 24.3 Å². The lowest BCUT2D eigenvalue weighted by Crippen LogP contribution is -1.91. The number of benzene rings is 2. The van der Waals surface area contributed by atoms with Gasteiger partial charge >= 0.3 is 0 Å². The molecule has 0 atom stereocenters. The van der Waals surface area contributed by atoms with E-state index in [0.717, 1.165) is 11.1 Å². The number of methoxy groups -OCH3 is 1. The average molecular weight is 243 g/mol. The van der Waals surface area contributed by atoms with E-state index in [4.69, 9.17) is 10.5 Å². The van der Waals surface area contributed by atoms with Crippen molar-refractivity contribution in [1.29, 1.82) is 0 Å². The molecule has 4 nitrogen and oxygen atoms in total. The van der Waals surface area contributed by atoms with E-state index in [1.807, 2.05) is 12.1 Å². The first-order valence-electron chi connectivity index (χ1n) is 5.38. The Balaban J connectivity index is 2.61. The molecule has 2 aromatic rings. The molecular weight excluding hydrogens is 230 g/mol. The zero-order valence-electron chi connectivity index (χ0n) is 9.88. The summed E-state index contributed by atoms with van der Waals surface area (Å²) in [6, 6.07) is 10.5. The third-order valence-electron chi connectivity index (χ3n) is 2.67. The van der Waals surface area contributed by atoms with E-state index >= 15 is 0 Å². The van der Waals surface area contributed by atoms with Gasteiger partial charge in [-0.1, -0.05) is 12.1 Å². The Bertz CT molecular complexity index is 594. The van der Waals surface area contributed by atoms with Gasteiger partial charge in [0.15, 0.2) is 17.8 Å². The van der Waals surface area contributed by atoms with E-state index in [9.17, 15) is 9.90 Å². The van der Waals surface area contributed by atoms with E-state index < -0.39 is 0 Å². The number of phenols is 1. The van der Waals surface area contributed by atoms with Crippen LogP contribution in [0.4, 0.5) is 5.69 Å². The highest BCUT2D eigenvalue weighted by Gasteiger charge is 2.11. The fourth-order valence-electron chi connectivity index (χ4n) is 1.76. The molecule has 92 valence electrons.